The SMILES string of the molecule is CCc1cc(Br)ccc1NC(=O)c1cnccc1NC. The molecule has 0 spiro atoms. The number of halogens is 1. The average Bonchev–Trinajstić information content (AvgIpc) is 2.48. The minimum Gasteiger partial charge on any atom is -0.387 e. The molecule has 0 radical (unpaired) electrons. The van der Waals surface area contributed by atoms with Crippen LogP contribution in [0.1, 0.15) is 22.8 Å². The summed E-state index contributed by atoms with van der Waals surface area (Å²) in [5, 5.41) is 5.93. The Hall–Kier alpha value is -1.88. The van der Waals surface area contributed by atoms with Crippen LogP contribution in [-0.2, 0) is 6.42 Å². The van der Waals surface area contributed by atoms with E-state index in [2.05, 4.69) is 38.5 Å². The van der Waals surface area contributed by atoms with Gasteiger partial charge >= 0.3 is 0 Å². The standard InChI is InChI=1S/C15H16BrN3O/c1-3-10-8-11(16)4-5-13(10)19-15(20)12-9-18-7-6-14(12)17-2/h4-9H,3H2,1-2H3,(H,17,18)(H,19,20). The topological polar surface area (TPSA) is 54.0 Å². The molecule has 2 rings (SSSR count). The third-order valence-corrected chi connectivity index (χ3v) is 3.52. The van der Waals surface area contributed by atoms with Gasteiger partial charge in [-0.25, -0.2) is 0 Å². The molecule has 0 aliphatic carbocycles. The predicted octanol–water partition coefficient (Wildman–Crippen LogP) is 3.70. The lowest BCUT2D eigenvalue weighted by Gasteiger charge is -2.12. The number of benzene rings is 1. The molecule has 1 amide bonds. The number of hydrogen-bond acceptors (Lipinski definition) is 3. The van der Waals surface area contributed by atoms with Crippen molar-refractivity contribution >= 4 is 33.2 Å². The van der Waals surface area contributed by atoms with E-state index in [4.69, 9.17) is 0 Å². The normalized spacial score (nSPS) is 10.2. The Labute approximate surface area is 126 Å². The zero-order valence-corrected chi connectivity index (χ0v) is 13.0. The second-order valence-electron chi connectivity index (χ2n) is 4.28. The van der Waals surface area contributed by atoms with Gasteiger partial charge in [-0.1, -0.05) is 22.9 Å². The van der Waals surface area contributed by atoms with E-state index in [0.717, 1.165) is 27.8 Å². The first-order valence-electron chi connectivity index (χ1n) is 6.37. The molecule has 5 heteroatoms. The molecular formula is C15H16BrN3O. The Morgan fingerprint density at radius 2 is 2.10 bits per heavy atom. The second-order valence-corrected chi connectivity index (χ2v) is 5.20. The van der Waals surface area contributed by atoms with Gasteiger partial charge in [0.05, 0.1) is 5.56 Å². The van der Waals surface area contributed by atoms with Crippen LogP contribution in [0, 0.1) is 0 Å². The number of nitrogens with zero attached hydrogens (tertiary/aromatic N) is 1. The van der Waals surface area contributed by atoms with Crippen LogP contribution in [-0.4, -0.2) is 17.9 Å². The monoisotopic (exact) mass is 333 g/mol. The number of nitrogens with one attached hydrogen (secondary N) is 2. The molecule has 2 N–H and O–H groups in total. The molecule has 20 heavy (non-hydrogen) atoms. The molecule has 0 saturated heterocycles. The molecule has 1 aromatic heterocycles. The van der Waals surface area contributed by atoms with Gasteiger partial charge in [0.25, 0.3) is 5.91 Å². The zero-order valence-electron chi connectivity index (χ0n) is 11.4. The molecule has 1 heterocycles. The maximum atomic E-state index is 12.3. The van der Waals surface area contributed by atoms with E-state index in [1.54, 1.807) is 25.5 Å². The molecule has 0 bridgehead atoms. The Balaban J connectivity index is 2.28. The third-order valence-electron chi connectivity index (χ3n) is 3.03. The number of aryl methyl sites for hydroxylation is 1. The van der Waals surface area contributed by atoms with Gasteiger partial charge in [-0.15, -0.1) is 0 Å². The fraction of sp³-hybridized carbons (Fsp3) is 0.200. The van der Waals surface area contributed by atoms with Crippen LogP contribution in [0.15, 0.2) is 41.1 Å². The summed E-state index contributed by atoms with van der Waals surface area (Å²) in [5.74, 6) is -0.167. The predicted molar refractivity (Wildman–Crippen MR) is 85.3 cm³/mol. The number of rotatable bonds is 4. The third kappa shape index (κ3) is 3.17. The molecule has 0 saturated carbocycles. The lowest BCUT2D eigenvalue weighted by molar-refractivity contribution is 0.102. The number of hydrogen-bond donors (Lipinski definition) is 2. The van der Waals surface area contributed by atoms with Crippen LogP contribution in [0.2, 0.25) is 0 Å². The van der Waals surface area contributed by atoms with Crippen LogP contribution in [0.3, 0.4) is 0 Å². The summed E-state index contributed by atoms with van der Waals surface area (Å²) in [7, 11) is 1.78. The van der Waals surface area contributed by atoms with E-state index >= 15 is 0 Å². The van der Waals surface area contributed by atoms with Crippen molar-refractivity contribution in [3.8, 4) is 0 Å². The molecule has 0 aliphatic heterocycles. The van der Waals surface area contributed by atoms with Crippen LogP contribution in [0.4, 0.5) is 11.4 Å². The molecule has 2 aromatic rings. The molecule has 104 valence electrons. The summed E-state index contributed by atoms with van der Waals surface area (Å²) in [6.45, 7) is 2.06. The number of aromatic nitrogens is 1. The second kappa shape index (κ2) is 6.52. The van der Waals surface area contributed by atoms with E-state index < -0.39 is 0 Å². The first-order valence-corrected chi connectivity index (χ1v) is 7.16. The quantitative estimate of drug-likeness (QED) is 0.896. The van der Waals surface area contributed by atoms with Gasteiger partial charge in [0.2, 0.25) is 0 Å². The maximum absolute atomic E-state index is 12.3. The Bertz CT molecular complexity index is 628. The van der Waals surface area contributed by atoms with Gasteiger partial charge in [-0.2, -0.15) is 0 Å². The molecule has 0 unspecified atom stereocenters. The Morgan fingerprint density at radius 1 is 1.30 bits per heavy atom. The maximum Gasteiger partial charge on any atom is 0.259 e. The smallest absolute Gasteiger partial charge is 0.259 e. The fourth-order valence-electron chi connectivity index (χ4n) is 1.96. The van der Waals surface area contributed by atoms with Gasteiger partial charge in [0.15, 0.2) is 0 Å². The molecule has 0 aliphatic rings. The van der Waals surface area contributed by atoms with Crippen LogP contribution < -0.4 is 10.6 Å². The van der Waals surface area contributed by atoms with Crippen molar-refractivity contribution in [2.45, 2.75) is 13.3 Å². The summed E-state index contributed by atoms with van der Waals surface area (Å²) in [4.78, 5) is 16.3. The highest BCUT2D eigenvalue weighted by atomic mass is 79.9. The summed E-state index contributed by atoms with van der Waals surface area (Å²) in [5.41, 5.74) is 3.20. The molecule has 0 atom stereocenters. The highest BCUT2D eigenvalue weighted by Gasteiger charge is 2.12. The van der Waals surface area contributed by atoms with E-state index in [-0.39, 0.29) is 5.91 Å². The van der Waals surface area contributed by atoms with Crippen molar-refractivity contribution in [2.24, 2.45) is 0 Å². The van der Waals surface area contributed by atoms with Crippen molar-refractivity contribution in [1.29, 1.82) is 0 Å². The van der Waals surface area contributed by atoms with Crippen molar-refractivity contribution in [2.75, 3.05) is 17.7 Å². The van der Waals surface area contributed by atoms with Crippen molar-refractivity contribution in [1.82, 2.24) is 4.98 Å². The Morgan fingerprint density at radius 3 is 2.80 bits per heavy atom. The number of carbonyl (C=O) groups is 1. The Kier molecular flexibility index (Phi) is 4.74. The van der Waals surface area contributed by atoms with Crippen LogP contribution in [0.5, 0.6) is 0 Å². The lowest BCUT2D eigenvalue weighted by Crippen LogP contribution is -2.15. The van der Waals surface area contributed by atoms with Crippen LogP contribution >= 0.6 is 15.9 Å². The fourth-order valence-corrected chi connectivity index (χ4v) is 2.37. The van der Waals surface area contributed by atoms with E-state index in [9.17, 15) is 4.79 Å². The van der Waals surface area contributed by atoms with Gasteiger partial charge in [-0.3, -0.25) is 9.78 Å². The first kappa shape index (κ1) is 14.5. The first-order chi connectivity index (χ1) is 9.65. The number of pyridine rings is 1. The zero-order chi connectivity index (χ0) is 14.5. The number of amides is 1. The highest BCUT2D eigenvalue weighted by molar-refractivity contribution is 9.10. The largest absolute Gasteiger partial charge is 0.387 e. The number of anilines is 2. The average molecular weight is 334 g/mol. The summed E-state index contributed by atoms with van der Waals surface area (Å²) >= 11 is 3.44. The lowest BCUT2D eigenvalue weighted by atomic mass is 10.1. The number of carbonyl (C=O) groups excluding carboxylic acids is 1. The summed E-state index contributed by atoms with van der Waals surface area (Å²) in [6, 6.07) is 7.60. The van der Waals surface area contributed by atoms with Gasteiger partial charge in [-0.05, 0) is 36.2 Å². The van der Waals surface area contributed by atoms with E-state index in [1.165, 1.54) is 0 Å². The minimum absolute atomic E-state index is 0.167. The van der Waals surface area contributed by atoms with E-state index in [1.807, 2.05) is 18.2 Å². The minimum atomic E-state index is -0.167. The summed E-state index contributed by atoms with van der Waals surface area (Å²) in [6.07, 6.45) is 4.06. The highest BCUT2D eigenvalue weighted by Crippen LogP contribution is 2.23. The molecule has 0 fully saturated rings. The molecule has 4 nitrogen and oxygen atoms in total. The van der Waals surface area contributed by atoms with Gasteiger partial charge in [0.1, 0.15) is 0 Å². The van der Waals surface area contributed by atoms with Crippen molar-refractivity contribution in [3.05, 3.63) is 52.3 Å². The molecule has 1 aromatic carbocycles. The summed E-state index contributed by atoms with van der Waals surface area (Å²) < 4.78 is 1.00. The van der Waals surface area contributed by atoms with Gasteiger partial charge in [0, 0.05) is 35.3 Å². The molecular weight excluding hydrogens is 318 g/mol. The van der Waals surface area contributed by atoms with Gasteiger partial charge < -0.3 is 10.6 Å². The van der Waals surface area contributed by atoms with Crippen molar-refractivity contribution in [3.63, 3.8) is 0 Å². The van der Waals surface area contributed by atoms with Crippen molar-refractivity contribution < 1.29 is 4.79 Å². The van der Waals surface area contributed by atoms with Crippen LogP contribution in [0.25, 0.3) is 0 Å². The van der Waals surface area contributed by atoms with E-state index in [0.29, 0.717) is 5.56 Å².